The van der Waals surface area contributed by atoms with E-state index < -0.39 is 58.0 Å². The molecule has 6 rings (SSSR count). The molecule has 0 saturated carbocycles. The number of aliphatic hydroxyl groups excluding tert-OH is 2. The molecule has 0 saturated heterocycles. The van der Waals surface area contributed by atoms with Crippen LogP contribution in [0.25, 0.3) is 11.1 Å². The van der Waals surface area contributed by atoms with E-state index in [1.54, 1.807) is 27.3 Å². The Kier molecular flexibility index (Phi) is 8.17. The highest BCUT2D eigenvalue weighted by molar-refractivity contribution is 6.24. The van der Waals surface area contributed by atoms with Gasteiger partial charge in [0.05, 0.1) is 18.7 Å². The third kappa shape index (κ3) is 5.16. The average Bonchev–Trinajstić information content (AvgIpc) is 3.03. The molecule has 0 aromatic heterocycles. The summed E-state index contributed by atoms with van der Waals surface area (Å²) in [7, 11) is 4.83. The van der Waals surface area contributed by atoms with Gasteiger partial charge in [-0.1, -0.05) is 42.5 Å². The van der Waals surface area contributed by atoms with Crippen LogP contribution in [0.4, 0.5) is 0 Å². The Morgan fingerprint density at radius 3 is 2.17 bits per heavy atom. The molecule has 3 aliphatic rings. The van der Waals surface area contributed by atoms with E-state index in [0.29, 0.717) is 18.7 Å². The molecule has 0 heterocycles. The van der Waals surface area contributed by atoms with Gasteiger partial charge in [0.15, 0.2) is 11.4 Å². The lowest BCUT2D eigenvalue weighted by Crippen LogP contribution is -2.63. The maximum Gasteiger partial charge on any atom is 0.255 e. The number of nitrogens with two attached hydrogens (primary N) is 1. The quantitative estimate of drug-likeness (QED) is 0.200. The number of phenols is 1. The number of amides is 1. The number of methoxy groups -OCH3 is 1. The van der Waals surface area contributed by atoms with Gasteiger partial charge in [0, 0.05) is 24.6 Å². The summed E-state index contributed by atoms with van der Waals surface area (Å²) in [6, 6.07) is 17.8. The van der Waals surface area contributed by atoms with Gasteiger partial charge in [0.25, 0.3) is 5.91 Å². The average molecular weight is 640 g/mol. The van der Waals surface area contributed by atoms with Gasteiger partial charge >= 0.3 is 0 Å². The molecule has 0 spiro atoms. The number of carbonyl (C=O) groups is 3. The molecule has 7 N–H and O–H groups in total. The van der Waals surface area contributed by atoms with E-state index in [0.717, 1.165) is 28.0 Å². The topological polar surface area (TPSA) is 183 Å². The van der Waals surface area contributed by atoms with Gasteiger partial charge in [-0.25, -0.2) is 0 Å². The number of phenolic OH excluding ortho intramolecular Hbond substituents is 1. The van der Waals surface area contributed by atoms with Crippen molar-refractivity contribution in [1.29, 1.82) is 0 Å². The number of allylic oxidation sites excluding steroid dienone is 1. The van der Waals surface area contributed by atoms with Gasteiger partial charge in [0.2, 0.25) is 5.78 Å². The Bertz CT molecular complexity index is 1840. The number of likely N-dealkylation sites (N-methyl/N-ethyl adjacent to an activating group) is 1. The zero-order valence-corrected chi connectivity index (χ0v) is 26.3. The first-order valence-corrected chi connectivity index (χ1v) is 15.3. The smallest absolute Gasteiger partial charge is 0.255 e. The molecule has 0 radical (unpaired) electrons. The Labute approximate surface area is 271 Å². The lowest BCUT2D eigenvalue weighted by Gasteiger charge is -2.50. The minimum atomic E-state index is -2.67. The molecule has 3 aromatic rings. The molecule has 0 fully saturated rings. The van der Waals surface area contributed by atoms with Crippen molar-refractivity contribution in [2.75, 3.05) is 21.2 Å². The molecular formula is C36H37N3O8. The van der Waals surface area contributed by atoms with E-state index in [1.807, 2.05) is 48.5 Å². The number of fused-ring (bicyclic) bond motifs is 3. The zero-order chi connectivity index (χ0) is 33.8. The summed E-state index contributed by atoms with van der Waals surface area (Å²) in [5.41, 5.74) is 6.00. The Balaban J connectivity index is 1.31. The number of nitrogens with zero attached hydrogens (tertiary/aromatic N) is 1. The molecule has 0 aliphatic heterocycles. The van der Waals surface area contributed by atoms with Crippen LogP contribution in [0.1, 0.15) is 33.5 Å². The monoisotopic (exact) mass is 639 g/mol. The first-order chi connectivity index (χ1) is 22.4. The number of carbonyl (C=O) groups excluding carboxylic acids is 3. The molecule has 0 bridgehead atoms. The normalized spacial score (nSPS) is 23.8. The number of primary amides is 1. The number of Topliss-reactive ketones (excluding diaryl/α,β-unsaturated/α-hetero) is 2. The second kappa shape index (κ2) is 12.0. The Morgan fingerprint density at radius 1 is 0.979 bits per heavy atom. The Hall–Kier alpha value is -4.97. The van der Waals surface area contributed by atoms with Crippen LogP contribution >= 0.6 is 0 Å². The van der Waals surface area contributed by atoms with E-state index in [2.05, 4.69) is 5.32 Å². The molecule has 4 unspecified atom stereocenters. The van der Waals surface area contributed by atoms with Crippen molar-refractivity contribution in [3.05, 3.63) is 106 Å². The van der Waals surface area contributed by atoms with E-state index in [-0.39, 0.29) is 29.7 Å². The van der Waals surface area contributed by atoms with Crippen molar-refractivity contribution in [2.45, 2.75) is 37.6 Å². The van der Waals surface area contributed by atoms with Crippen molar-refractivity contribution >= 4 is 17.5 Å². The highest BCUT2D eigenvalue weighted by Crippen LogP contribution is 2.53. The van der Waals surface area contributed by atoms with Crippen LogP contribution in [0.3, 0.4) is 0 Å². The predicted molar refractivity (Wildman–Crippen MR) is 173 cm³/mol. The summed E-state index contributed by atoms with van der Waals surface area (Å²) in [5.74, 6) is -5.94. The van der Waals surface area contributed by atoms with E-state index in [4.69, 9.17) is 10.5 Å². The molecule has 3 aliphatic carbocycles. The van der Waals surface area contributed by atoms with Crippen LogP contribution in [-0.4, -0.2) is 75.6 Å². The highest BCUT2D eigenvalue weighted by Gasteiger charge is 2.63. The molecule has 3 aromatic carbocycles. The molecule has 1 amide bonds. The SMILES string of the molecule is COc1ccc(CNCc2ccc(-c3ccc(O)c4c3CC3CC5C(N(C)C)C(O)=C(C(N)=O)C(=O)C5(O)C(O)=C3C4=O)cc2)cc1. The fourth-order valence-electron chi connectivity index (χ4n) is 7.42. The Morgan fingerprint density at radius 2 is 1.60 bits per heavy atom. The number of rotatable bonds is 8. The van der Waals surface area contributed by atoms with Gasteiger partial charge in [-0.15, -0.1) is 0 Å². The lowest BCUT2D eigenvalue weighted by molar-refractivity contribution is -0.148. The number of aliphatic hydroxyl groups is 3. The van der Waals surface area contributed by atoms with Crippen LogP contribution in [-0.2, 0) is 29.1 Å². The summed E-state index contributed by atoms with van der Waals surface area (Å²) in [4.78, 5) is 41.2. The van der Waals surface area contributed by atoms with Crippen LogP contribution in [0.2, 0.25) is 0 Å². The van der Waals surface area contributed by atoms with Crippen molar-refractivity contribution in [3.63, 3.8) is 0 Å². The van der Waals surface area contributed by atoms with E-state index >= 15 is 0 Å². The van der Waals surface area contributed by atoms with Crippen molar-refractivity contribution in [2.24, 2.45) is 17.6 Å². The minimum Gasteiger partial charge on any atom is -0.510 e. The highest BCUT2D eigenvalue weighted by atomic mass is 16.5. The van der Waals surface area contributed by atoms with E-state index in [1.165, 1.54) is 11.0 Å². The summed E-state index contributed by atoms with van der Waals surface area (Å²) in [5, 5.41) is 48.6. The third-order valence-electron chi connectivity index (χ3n) is 9.69. The van der Waals surface area contributed by atoms with Gasteiger partial charge in [0.1, 0.15) is 28.6 Å². The summed E-state index contributed by atoms with van der Waals surface area (Å²) >= 11 is 0. The minimum absolute atomic E-state index is 0.0199. The van der Waals surface area contributed by atoms with Crippen LogP contribution < -0.4 is 15.8 Å². The summed E-state index contributed by atoms with van der Waals surface area (Å²) in [6.07, 6.45) is 0.239. The van der Waals surface area contributed by atoms with E-state index in [9.17, 15) is 34.8 Å². The number of ketones is 2. The number of hydrogen-bond donors (Lipinski definition) is 6. The summed E-state index contributed by atoms with van der Waals surface area (Å²) < 4.78 is 5.21. The maximum absolute atomic E-state index is 14.0. The molecule has 11 heteroatoms. The van der Waals surface area contributed by atoms with Gasteiger partial charge < -0.3 is 36.2 Å². The van der Waals surface area contributed by atoms with Crippen molar-refractivity contribution < 1.29 is 39.5 Å². The number of aromatic hydroxyl groups is 1. The fraction of sp³-hybridized carbons (Fsp3) is 0.306. The first kappa shape index (κ1) is 32.0. The third-order valence-corrected chi connectivity index (χ3v) is 9.69. The van der Waals surface area contributed by atoms with Crippen LogP contribution in [0.15, 0.2) is 83.3 Å². The fourth-order valence-corrected chi connectivity index (χ4v) is 7.42. The standard InChI is InChI=1S/C36H37N3O8/c1-39(2)30-25-15-21-14-24-23(20-8-4-18(5-9-20)16-38-17-19-6-10-22(47-3)11-7-19)12-13-26(40)28(24)31(41)27(21)33(43)36(25,46)34(44)29(32(30)42)35(37)45/h4-13,21,25,30,38,40,42-43,46H,14-17H2,1-3H3,(H2,37,45). The maximum atomic E-state index is 14.0. The largest absolute Gasteiger partial charge is 0.510 e. The molecule has 47 heavy (non-hydrogen) atoms. The van der Waals surface area contributed by atoms with Crippen LogP contribution in [0, 0.1) is 11.8 Å². The number of nitrogens with one attached hydrogen (secondary N) is 1. The van der Waals surface area contributed by atoms with Crippen molar-refractivity contribution in [3.8, 4) is 22.6 Å². The van der Waals surface area contributed by atoms with Gasteiger partial charge in [-0.05, 0) is 78.9 Å². The van der Waals surface area contributed by atoms with Gasteiger partial charge in [-0.3, -0.25) is 19.3 Å². The number of ether oxygens (including phenoxy) is 1. The van der Waals surface area contributed by atoms with Crippen LogP contribution in [0.5, 0.6) is 11.5 Å². The molecule has 4 atom stereocenters. The lowest BCUT2D eigenvalue weighted by atomic mass is 9.58. The van der Waals surface area contributed by atoms with Crippen molar-refractivity contribution in [1.82, 2.24) is 10.2 Å². The number of benzene rings is 3. The summed E-state index contributed by atoms with van der Waals surface area (Å²) in [6.45, 7) is 1.31. The predicted octanol–water partition coefficient (Wildman–Crippen LogP) is 3.09. The van der Waals surface area contributed by atoms with Gasteiger partial charge in [-0.2, -0.15) is 0 Å². The first-order valence-electron chi connectivity index (χ1n) is 15.3. The molecular weight excluding hydrogens is 602 g/mol. The molecule has 244 valence electrons. The molecule has 11 nitrogen and oxygen atoms in total. The second-order valence-electron chi connectivity index (χ2n) is 12.6. The zero-order valence-electron chi connectivity index (χ0n) is 26.3. The second-order valence-corrected chi connectivity index (χ2v) is 12.6. The number of hydrogen-bond acceptors (Lipinski definition) is 10.